The third kappa shape index (κ3) is 9.82. The number of anilines is 3. The van der Waals surface area contributed by atoms with E-state index in [1.54, 1.807) is 0 Å². The molecule has 0 unspecified atom stereocenters. The SMILES string of the molecule is Brc1ccc2c3ccccc3c3ccccc3c2c1.CC1(C)c2ccccc2-c2cc3c(cc21)[nH]c1cc2c4ccccc4c4ccccc4c2cc13.CC1(C)c2ccccc2-c2ccc(N)cc21.CC1(C)c2ccccc2-c2ccc(Nc3ccc4c5ccccc5c5ccccc5c4c3)cc21. The van der Waals surface area contributed by atoms with E-state index in [-0.39, 0.29) is 16.2 Å². The van der Waals surface area contributed by atoms with Crippen LogP contribution in [-0.4, -0.2) is 4.98 Å². The molecule has 0 radical (unpaired) electrons. The number of H-pyrrole nitrogens is 1. The van der Waals surface area contributed by atoms with Gasteiger partial charge in [0.1, 0.15) is 0 Å². The van der Waals surface area contributed by atoms with Crippen molar-refractivity contribution in [1.29, 1.82) is 0 Å². The van der Waals surface area contributed by atoms with Crippen LogP contribution in [0.4, 0.5) is 17.1 Å². The summed E-state index contributed by atoms with van der Waals surface area (Å²) in [5, 5.41) is 29.9. The van der Waals surface area contributed by atoms with Crippen molar-refractivity contribution in [2.75, 3.05) is 11.1 Å². The minimum atomic E-state index is 0.00210. The molecule has 0 spiro atoms. The van der Waals surface area contributed by atoms with E-state index < -0.39 is 0 Å². The van der Waals surface area contributed by atoms with Gasteiger partial charge in [-0.1, -0.05) is 300 Å². The molecular weight excluding hydrogens is 1310 g/mol. The molecule has 0 aliphatic heterocycles. The molecular formula is C99H74BrN3. The van der Waals surface area contributed by atoms with E-state index in [1.165, 1.54) is 186 Å². The maximum atomic E-state index is 5.89. The predicted octanol–water partition coefficient (Wildman–Crippen LogP) is 27.8. The largest absolute Gasteiger partial charge is 0.399 e. The lowest BCUT2D eigenvalue weighted by molar-refractivity contribution is 0.660. The zero-order valence-electron chi connectivity index (χ0n) is 58.5. The van der Waals surface area contributed by atoms with Crippen LogP contribution in [0.2, 0.25) is 0 Å². The van der Waals surface area contributed by atoms with E-state index in [1.807, 2.05) is 6.07 Å². The Morgan fingerprint density at radius 1 is 0.233 bits per heavy atom. The maximum absolute atomic E-state index is 5.89. The fourth-order valence-electron chi connectivity index (χ4n) is 18.0. The van der Waals surface area contributed by atoms with Gasteiger partial charge in [0.15, 0.2) is 0 Å². The summed E-state index contributed by atoms with van der Waals surface area (Å²) in [6, 6.07) is 115. The van der Waals surface area contributed by atoms with Crippen molar-refractivity contribution in [3.8, 4) is 33.4 Å². The van der Waals surface area contributed by atoms with Crippen molar-refractivity contribution in [2.45, 2.75) is 57.8 Å². The number of nitrogens with one attached hydrogen (secondary N) is 2. The molecule has 103 heavy (non-hydrogen) atoms. The van der Waals surface area contributed by atoms with E-state index in [0.717, 1.165) is 21.5 Å². The Kier molecular flexibility index (Phi) is 14.3. The Morgan fingerprint density at radius 3 is 1.00 bits per heavy atom. The summed E-state index contributed by atoms with van der Waals surface area (Å²) in [5.41, 5.74) is 28.0. The van der Waals surface area contributed by atoms with Crippen molar-refractivity contribution in [3.63, 3.8) is 0 Å². The van der Waals surface area contributed by atoms with Crippen molar-refractivity contribution >= 4 is 152 Å². The number of nitrogen functional groups attached to an aromatic ring is 1. The highest BCUT2D eigenvalue weighted by Gasteiger charge is 2.38. The lowest BCUT2D eigenvalue weighted by Gasteiger charge is -2.22. The molecule has 1 aromatic heterocycles. The normalized spacial score (nSPS) is 13.9. The molecule has 0 saturated heterocycles. The lowest BCUT2D eigenvalue weighted by atomic mass is 9.82. The van der Waals surface area contributed by atoms with Gasteiger partial charge < -0.3 is 16.0 Å². The highest BCUT2D eigenvalue weighted by atomic mass is 79.9. The molecule has 19 aromatic rings. The second-order valence-electron chi connectivity index (χ2n) is 29.9. The van der Waals surface area contributed by atoms with E-state index >= 15 is 0 Å². The molecule has 492 valence electrons. The number of fused-ring (bicyclic) bond motifs is 30. The number of nitrogens with two attached hydrogens (primary N) is 1. The lowest BCUT2D eigenvalue weighted by Crippen LogP contribution is -2.15. The van der Waals surface area contributed by atoms with Crippen molar-refractivity contribution in [3.05, 3.63) is 353 Å². The number of rotatable bonds is 2. The second kappa shape index (κ2) is 23.6. The number of aromatic amines is 1. The fraction of sp³-hybridized carbons (Fsp3) is 0.0909. The summed E-state index contributed by atoms with van der Waals surface area (Å²) in [6.45, 7) is 13.9. The zero-order valence-corrected chi connectivity index (χ0v) is 60.1. The van der Waals surface area contributed by atoms with Crippen LogP contribution in [0.15, 0.2) is 320 Å². The summed E-state index contributed by atoms with van der Waals surface area (Å²) in [5.74, 6) is 0. The van der Waals surface area contributed by atoms with Gasteiger partial charge in [0.05, 0.1) is 0 Å². The molecule has 18 aromatic carbocycles. The first kappa shape index (κ1) is 62.2. The summed E-state index contributed by atoms with van der Waals surface area (Å²) in [6.07, 6.45) is 0. The maximum Gasteiger partial charge on any atom is 0.0471 e. The average molecular weight is 1390 g/mol. The molecule has 1 heterocycles. The van der Waals surface area contributed by atoms with Gasteiger partial charge >= 0.3 is 0 Å². The molecule has 0 amide bonds. The van der Waals surface area contributed by atoms with Crippen molar-refractivity contribution in [2.24, 2.45) is 0 Å². The number of halogens is 1. The molecule has 3 aliphatic rings. The number of hydrogen-bond donors (Lipinski definition) is 3. The molecule has 0 bridgehead atoms. The van der Waals surface area contributed by atoms with Crippen LogP contribution in [-0.2, 0) is 16.2 Å². The first-order chi connectivity index (χ1) is 50.2. The second-order valence-corrected chi connectivity index (χ2v) is 30.9. The molecule has 4 N–H and O–H groups in total. The van der Waals surface area contributed by atoms with Crippen LogP contribution in [0.1, 0.15) is 74.9 Å². The highest BCUT2D eigenvalue weighted by Crippen LogP contribution is 2.53. The Balaban J connectivity index is 0.0000000994. The van der Waals surface area contributed by atoms with E-state index in [9.17, 15) is 0 Å². The van der Waals surface area contributed by atoms with Gasteiger partial charge in [-0.05, 0) is 237 Å². The molecule has 4 heteroatoms. The minimum Gasteiger partial charge on any atom is -0.399 e. The first-order valence-corrected chi connectivity index (χ1v) is 36.7. The summed E-state index contributed by atoms with van der Waals surface area (Å²) in [7, 11) is 0. The van der Waals surface area contributed by atoms with Crippen molar-refractivity contribution in [1.82, 2.24) is 4.98 Å². The van der Waals surface area contributed by atoms with Crippen LogP contribution in [0.25, 0.3) is 152 Å². The van der Waals surface area contributed by atoms with E-state index in [4.69, 9.17) is 5.73 Å². The van der Waals surface area contributed by atoms with Gasteiger partial charge in [0.2, 0.25) is 0 Å². The Labute approximate surface area is 608 Å². The van der Waals surface area contributed by atoms with Crippen LogP contribution < -0.4 is 11.1 Å². The van der Waals surface area contributed by atoms with Gasteiger partial charge in [0.25, 0.3) is 0 Å². The van der Waals surface area contributed by atoms with Crippen LogP contribution >= 0.6 is 15.9 Å². The number of aromatic nitrogens is 1. The highest BCUT2D eigenvalue weighted by molar-refractivity contribution is 9.10. The topological polar surface area (TPSA) is 53.8 Å². The summed E-state index contributed by atoms with van der Waals surface area (Å²) < 4.78 is 1.13. The molecule has 3 aliphatic carbocycles. The van der Waals surface area contributed by atoms with E-state index in [0.29, 0.717) is 0 Å². The van der Waals surface area contributed by atoms with Gasteiger partial charge in [-0.2, -0.15) is 0 Å². The molecule has 0 saturated carbocycles. The van der Waals surface area contributed by atoms with Crippen molar-refractivity contribution < 1.29 is 0 Å². The number of hydrogen-bond acceptors (Lipinski definition) is 2. The van der Waals surface area contributed by atoms with Gasteiger partial charge in [-0.15, -0.1) is 0 Å². The van der Waals surface area contributed by atoms with Crippen LogP contribution in [0.5, 0.6) is 0 Å². The Morgan fingerprint density at radius 2 is 0.534 bits per heavy atom. The molecule has 0 fully saturated rings. The minimum absolute atomic E-state index is 0.00210. The standard InChI is InChI=1S/C33H23N.C33H25N.C18H11Br.C15H15N/c1-33(2)29-14-8-7-13-23(29)26-16-28-27-15-24-21-11-5-3-9-19(21)20-10-4-6-12-22(20)25(24)17-31(27)34-32(28)18-30(26)33;1-33(2)31-14-8-7-13-28(31)29-18-16-22(20-32(29)33)34-21-15-17-27-25-11-4-3-9-23(25)24-10-5-6-12-26(24)30(27)19-21;19-12-9-10-17-15-7-2-1-5-13(15)14-6-3-4-8-16(14)18(17)11-12;1-15(2)13-6-4-3-5-11(13)12-8-7-10(16)9-14(12)15/h3-18,34H,1-2H3;3-20,34H,1-2H3;1-11H;3-9H,16H2,1-2H3. The predicted molar refractivity (Wildman–Crippen MR) is 447 cm³/mol. The average Bonchev–Trinajstić information content (AvgIpc) is 1.65. The summed E-state index contributed by atoms with van der Waals surface area (Å²) >= 11 is 3.58. The molecule has 0 atom stereocenters. The third-order valence-corrected chi connectivity index (χ3v) is 23.6. The third-order valence-electron chi connectivity index (χ3n) is 23.1. The van der Waals surface area contributed by atoms with Gasteiger partial charge in [0, 0.05) is 59.6 Å². The van der Waals surface area contributed by atoms with E-state index in [2.05, 4.69) is 377 Å². The zero-order chi connectivity index (χ0) is 69.6. The fourth-order valence-corrected chi connectivity index (χ4v) is 18.4. The monoisotopic (exact) mass is 1380 g/mol. The van der Waals surface area contributed by atoms with Gasteiger partial charge in [-0.25, -0.2) is 0 Å². The summed E-state index contributed by atoms with van der Waals surface area (Å²) in [4.78, 5) is 3.78. The van der Waals surface area contributed by atoms with Crippen LogP contribution in [0, 0.1) is 0 Å². The Bertz CT molecular complexity index is 6710. The number of benzene rings is 18. The molecule has 3 nitrogen and oxygen atoms in total. The smallest absolute Gasteiger partial charge is 0.0471 e. The molecule has 22 rings (SSSR count). The first-order valence-electron chi connectivity index (χ1n) is 35.9. The van der Waals surface area contributed by atoms with Gasteiger partial charge in [-0.3, -0.25) is 0 Å². The van der Waals surface area contributed by atoms with Crippen LogP contribution in [0.3, 0.4) is 0 Å². The quantitative estimate of drug-likeness (QED) is 0.119. The Hall–Kier alpha value is -11.8.